The molecule has 0 aliphatic carbocycles. The first-order chi connectivity index (χ1) is 8.43. The summed E-state index contributed by atoms with van der Waals surface area (Å²) in [6.07, 6.45) is 1.54. The SMILES string of the molecule is C1=NC(c2ccc(-c3ccccc3)cc2)CO1. The van der Waals surface area contributed by atoms with Gasteiger partial charge < -0.3 is 4.74 Å². The molecule has 2 aromatic rings. The van der Waals surface area contributed by atoms with E-state index in [9.17, 15) is 0 Å². The molecule has 1 atom stereocenters. The molecule has 0 saturated carbocycles. The minimum absolute atomic E-state index is 0.167. The summed E-state index contributed by atoms with van der Waals surface area (Å²) in [6.45, 7) is 0.657. The van der Waals surface area contributed by atoms with E-state index in [1.807, 2.05) is 6.07 Å². The smallest absolute Gasteiger partial charge is 0.170 e. The molecule has 1 heterocycles. The largest absolute Gasteiger partial charge is 0.481 e. The topological polar surface area (TPSA) is 21.6 Å². The molecular formula is C15H13NO. The quantitative estimate of drug-likeness (QED) is 0.764. The molecule has 2 nitrogen and oxygen atoms in total. The van der Waals surface area contributed by atoms with Crippen LogP contribution in [0.2, 0.25) is 0 Å². The Morgan fingerprint density at radius 1 is 0.882 bits per heavy atom. The van der Waals surface area contributed by atoms with Gasteiger partial charge in [-0.3, -0.25) is 0 Å². The average Bonchev–Trinajstić information content (AvgIpc) is 2.94. The van der Waals surface area contributed by atoms with Gasteiger partial charge in [-0.25, -0.2) is 4.99 Å². The van der Waals surface area contributed by atoms with Crippen LogP contribution in [0.15, 0.2) is 59.6 Å². The molecule has 1 unspecified atom stereocenters. The summed E-state index contributed by atoms with van der Waals surface area (Å²) in [5.74, 6) is 0. The number of hydrogen-bond donors (Lipinski definition) is 0. The summed E-state index contributed by atoms with van der Waals surface area (Å²) < 4.78 is 5.13. The van der Waals surface area contributed by atoms with Crippen molar-refractivity contribution in [3.8, 4) is 11.1 Å². The lowest BCUT2D eigenvalue weighted by atomic mass is 10.0. The van der Waals surface area contributed by atoms with E-state index in [2.05, 4.69) is 53.5 Å². The first kappa shape index (κ1) is 10.1. The highest BCUT2D eigenvalue weighted by molar-refractivity contribution is 5.63. The number of ether oxygens (including phenoxy) is 1. The van der Waals surface area contributed by atoms with Crippen LogP contribution < -0.4 is 0 Å². The highest BCUT2D eigenvalue weighted by Crippen LogP contribution is 2.24. The van der Waals surface area contributed by atoms with Crippen molar-refractivity contribution in [2.75, 3.05) is 6.61 Å². The fraction of sp³-hybridized carbons (Fsp3) is 0.133. The van der Waals surface area contributed by atoms with Crippen LogP contribution in [0.5, 0.6) is 0 Å². The Labute approximate surface area is 101 Å². The summed E-state index contributed by atoms with van der Waals surface area (Å²) in [7, 11) is 0. The maximum Gasteiger partial charge on any atom is 0.170 e. The Balaban J connectivity index is 1.87. The number of rotatable bonds is 2. The van der Waals surface area contributed by atoms with Gasteiger partial charge >= 0.3 is 0 Å². The molecule has 1 aliphatic heterocycles. The van der Waals surface area contributed by atoms with Crippen LogP contribution in [0.3, 0.4) is 0 Å². The Hall–Kier alpha value is -2.09. The van der Waals surface area contributed by atoms with Gasteiger partial charge in [0.05, 0.1) is 0 Å². The second-order valence-corrected chi connectivity index (χ2v) is 4.09. The normalized spacial score (nSPS) is 18.0. The van der Waals surface area contributed by atoms with Crippen molar-refractivity contribution in [1.82, 2.24) is 0 Å². The monoisotopic (exact) mass is 223 g/mol. The van der Waals surface area contributed by atoms with Gasteiger partial charge in [-0.05, 0) is 16.7 Å². The van der Waals surface area contributed by atoms with Crippen molar-refractivity contribution >= 4 is 6.40 Å². The van der Waals surface area contributed by atoms with Crippen molar-refractivity contribution in [1.29, 1.82) is 0 Å². The van der Waals surface area contributed by atoms with Crippen molar-refractivity contribution < 1.29 is 4.74 Å². The fourth-order valence-corrected chi connectivity index (χ4v) is 2.00. The van der Waals surface area contributed by atoms with E-state index in [0.717, 1.165) is 0 Å². The van der Waals surface area contributed by atoms with Gasteiger partial charge in [-0.1, -0.05) is 54.6 Å². The van der Waals surface area contributed by atoms with Crippen LogP contribution in [-0.4, -0.2) is 13.0 Å². The van der Waals surface area contributed by atoms with Gasteiger partial charge in [0.2, 0.25) is 0 Å². The third kappa shape index (κ3) is 2.07. The molecule has 0 saturated heterocycles. The molecule has 17 heavy (non-hydrogen) atoms. The summed E-state index contributed by atoms with van der Waals surface area (Å²) in [6, 6.07) is 19.1. The van der Waals surface area contributed by atoms with Gasteiger partial charge in [-0.15, -0.1) is 0 Å². The van der Waals surface area contributed by atoms with Crippen LogP contribution in [0, 0.1) is 0 Å². The lowest BCUT2D eigenvalue weighted by molar-refractivity contribution is 0.330. The highest BCUT2D eigenvalue weighted by Gasteiger charge is 2.13. The molecule has 0 spiro atoms. The molecule has 84 valence electrons. The van der Waals surface area contributed by atoms with Gasteiger partial charge in [0, 0.05) is 0 Å². The van der Waals surface area contributed by atoms with Crippen molar-refractivity contribution in [3.05, 3.63) is 60.2 Å². The molecular weight excluding hydrogens is 210 g/mol. The second-order valence-electron chi connectivity index (χ2n) is 4.09. The van der Waals surface area contributed by atoms with Gasteiger partial charge in [0.1, 0.15) is 12.6 Å². The predicted octanol–water partition coefficient (Wildman–Crippen LogP) is 3.45. The summed E-state index contributed by atoms with van der Waals surface area (Å²) in [5, 5.41) is 0. The lowest BCUT2D eigenvalue weighted by Gasteiger charge is -2.07. The zero-order valence-electron chi connectivity index (χ0n) is 9.41. The third-order valence-electron chi connectivity index (χ3n) is 2.97. The van der Waals surface area contributed by atoms with Crippen LogP contribution >= 0.6 is 0 Å². The minimum Gasteiger partial charge on any atom is -0.481 e. The average molecular weight is 223 g/mol. The first-order valence-electron chi connectivity index (χ1n) is 5.72. The Bertz CT molecular complexity index is 516. The van der Waals surface area contributed by atoms with Crippen LogP contribution in [-0.2, 0) is 4.74 Å². The van der Waals surface area contributed by atoms with E-state index in [-0.39, 0.29) is 6.04 Å². The lowest BCUT2D eigenvalue weighted by Crippen LogP contribution is -1.96. The summed E-state index contributed by atoms with van der Waals surface area (Å²) in [4.78, 5) is 4.26. The van der Waals surface area contributed by atoms with E-state index in [1.54, 1.807) is 0 Å². The maximum absolute atomic E-state index is 5.13. The van der Waals surface area contributed by atoms with Crippen LogP contribution in [0.25, 0.3) is 11.1 Å². The van der Waals surface area contributed by atoms with Gasteiger partial charge in [0.25, 0.3) is 0 Å². The molecule has 1 aliphatic rings. The molecule has 0 amide bonds. The van der Waals surface area contributed by atoms with Crippen molar-refractivity contribution in [3.63, 3.8) is 0 Å². The molecule has 0 radical (unpaired) electrons. The zero-order chi connectivity index (χ0) is 11.5. The van der Waals surface area contributed by atoms with E-state index in [0.29, 0.717) is 6.61 Å². The minimum atomic E-state index is 0.167. The number of benzene rings is 2. The maximum atomic E-state index is 5.13. The molecule has 3 rings (SSSR count). The van der Waals surface area contributed by atoms with Crippen molar-refractivity contribution in [2.24, 2.45) is 4.99 Å². The predicted molar refractivity (Wildman–Crippen MR) is 69.1 cm³/mol. The Kier molecular flexibility index (Phi) is 2.62. The van der Waals surface area contributed by atoms with Crippen LogP contribution in [0.4, 0.5) is 0 Å². The molecule has 0 N–H and O–H groups in total. The third-order valence-corrected chi connectivity index (χ3v) is 2.97. The highest BCUT2D eigenvalue weighted by atomic mass is 16.5. The number of nitrogens with zero attached hydrogens (tertiary/aromatic N) is 1. The summed E-state index contributed by atoms with van der Waals surface area (Å²) in [5.41, 5.74) is 3.68. The van der Waals surface area contributed by atoms with E-state index in [4.69, 9.17) is 4.74 Å². The van der Waals surface area contributed by atoms with E-state index >= 15 is 0 Å². The fourth-order valence-electron chi connectivity index (χ4n) is 2.00. The second kappa shape index (κ2) is 4.42. The summed E-state index contributed by atoms with van der Waals surface area (Å²) >= 11 is 0. The Morgan fingerprint density at radius 2 is 1.59 bits per heavy atom. The molecule has 2 aromatic carbocycles. The molecule has 0 aromatic heterocycles. The standard InChI is InChI=1S/C15H13NO/c1-2-4-12(5-3-1)13-6-8-14(9-7-13)15-10-17-11-16-15/h1-9,11,15H,10H2. The zero-order valence-corrected chi connectivity index (χ0v) is 9.41. The van der Waals surface area contributed by atoms with Gasteiger partial charge in [-0.2, -0.15) is 0 Å². The number of hydrogen-bond acceptors (Lipinski definition) is 2. The molecule has 2 heteroatoms. The van der Waals surface area contributed by atoms with Crippen LogP contribution in [0.1, 0.15) is 11.6 Å². The van der Waals surface area contributed by atoms with Crippen molar-refractivity contribution in [2.45, 2.75) is 6.04 Å². The Morgan fingerprint density at radius 3 is 2.24 bits per heavy atom. The number of aliphatic imine (C=N–C) groups is 1. The molecule has 0 bridgehead atoms. The van der Waals surface area contributed by atoms with Gasteiger partial charge in [0.15, 0.2) is 6.40 Å². The first-order valence-corrected chi connectivity index (χ1v) is 5.72. The van der Waals surface area contributed by atoms with E-state index in [1.165, 1.54) is 23.1 Å². The molecule has 0 fully saturated rings. The van der Waals surface area contributed by atoms with E-state index < -0.39 is 0 Å².